The number of aliphatic imine (C=N–C) groups is 1. The summed E-state index contributed by atoms with van der Waals surface area (Å²) < 4.78 is 1.02. The first-order valence-electron chi connectivity index (χ1n) is 7.69. The van der Waals surface area contributed by atoms with Crippen LogP contribution in [-0.4, -0.2) is 46.4 Å². The van der Waals surface area contributed by atoms with E-state index in [1.165, 1.54) is 0 Å². The van der Waals surface area contributed by atoms with Crippen molar-refractivity contribution in [1.82, 2.24) is 14.9 Å². The number of fused-ring (bicyclic) bond motifs is 3. The largest absolute Gasteiger partial charge is 0.334 e. The van der Waals surface area contributed by atoms with Gasteiger partial charge in [0, 0.05) is 29.7 Å². The molecule has 2 aromatic rings. The highest BCUT2D eigenvalue weighted by Gasteiger charge is 2.38. The second kappa shape index (κ2) is 6.57. The maximum absolute atomic E-state index is 12.7. The highest BCUT2D eigenvalue weighted by molar-refractivity contribution is 9.10. The third-order valence-electron chi connectivity index (χ3n) is 4.12. The molecule has 2 aliphatic heterocycles. The number of urea groups is 1. The Balaban J connectivity index is 0.00000169. The van der Waals surface area contributed by atoms with Crippen molar-refractivity contribution in [3.05, 3.63) is 34.4 Å². The average Bonchev–Trinajstić information content (AvgIpc) is 3.01. The first-order chi connectivity index (χ1) is 11.2. The molecule has 1 aromatic heterocycles. The van der Waals surface area contributed by atoms with E-state index in [4.69, 9.17) is 0 Å². The number of rotatable bonds is 2. The minimum absolute atomic E-state index is 0. The number of benzene rings is 1. The maximum atomic E-state index is 12.7. The fourth-order valence-corrected chi connectivity index (χ4v) is 3.25. The van der Waals surface area contributed by atoms with Crippen LogP contribution in [-0.2, 0) is 0 Å². The molecule has 0 fully saturated rings. The molecule has 0 aliphatic carbocycles. The van der Waals surface area contributed by atoms with E-state index < -0.39 is 0 Å². The number of amidine groups is 1. The number of hydrogen-bond acceptors (Lipinski definition) is 3. The monoisotopic (exact) mass is 409 g/mol. The molecule has 8 heteroatoms. The van der Waals surface area contributed by atoms with E-state index in [0.29, 0.717) is 18.9 Å². The van der Waals surface area contributed by atoms with Gasteiger partial charge in [-0.3, -0.25) is 14.8 Å². The van der Waals surface area contributed by atoms with E-state index >= 15 is 0 Å². The van der Waals surface area contributed by atoms with Gasteiger partial charge in [-0.1, -0.05) is 28.1 Å². The van der Waals surface area contributed by atoms with Crippen molar-refractivity contribution in [1.29, 1.82) is 0 Å². The number of anilines is 1. The molecule has 2 amide bonds. The highest BCUT2D eigenvalue weighted by atomic mass is 79.9. The molecule has 24 heavy (non-hydrogen) atoms. The number of nitrogens with zero attached hydrogens (tertiary/aromatic N) is 4. The molecule has 0 bridgehead atoms. The number of carbonyl (C=O) groups is 1. The molecule has 3 heterocycles. The zero-order chi connectivity index (χ0) is 16.0. The van der Waals surface area contributed by atoms with Crippen LogP contribution in [0, 0.1) is 0 Å². The molecule has 0 atom stereocenters. The Labute approximate surface area is 154 Å². The van der Waals surface area contributed by atoms with Gasteiger partial charge in [0.15, 0.2) is 11.7 Å². The van der Waals surface area contributed by atoms with Crippen LogP contribution in [0.4, 0.5) is 10.6 Å². The summed E-state index contributed by atoms with van der Waals surface area (Å²) >= 11 is 3.44. The first-order valence-corrected chi connectivity index (χ1v) is 8.48. The zero-order valence-corrected chi connectivity index (χ0v) is 15.5. The number of carbonyl (C=O) groups excluding carboxylic acids is 1. The Morgan fingerprint density at radius 3 is 2.75 bits per heavy atom. The molecule has 0 radical (unpaired) electrons. The van der Waals surface area contributed by atoms with Crippen LogP contribution in [0.15, 0.2) is 33.7 Å². The van der Waals surface area contributed by atoms with E-state index in [9.17, 15) is 4.79 Å². The average molecular weight is 411 g/mol. The van der Waals surface area contributed by atoms with Crippen LogP contribution in [0.3, 0.4) is 0 Å². The van der Waals surface area contributed by atoms with E-state index in [1.807, 2.05) is 31.2 Å². The Morgan fingerprint density at radius 1 is 1.29 bits per heavy atom. The second-order valence-electron chi connectivity index (χ2n) is 5.53. The van der Waals surface area contributed by atoms with Crippen LogP contribution in [0.2, 0.25) is 0 Å². The van der Waals surface area contributed by atoms with Crippen molar-refractivity contribution in [2.45, 2.75) is 13.3 Å². The zero-order valence-electron chi connectivity index (χ0n) is 13.1. The number of hydrogen-bond donors (Lipinski definition) is 1. The molecule has 0 saturated carbocycles. The highest BCUT2D eigenvalue weighted by Crippen LogP contribution is 2.31. The molecule has 0 spiro atoms. The lowest BCUT2D eigenvalue weighted by molar-refractivity contribution is 0.224. The molecule has 4 rings (SSSR count). The Morgan fingerprint density at radius 2 is 2.04 bits per heavy atom. The third-order valence-corrected chi connectivity index (χ3v) is 4.65. The van der Waals surface area contributed by atoms with Crippen molar-refractivity contribution in [2.75, 3.05) is 24.5 Å². The molecule has 0 unspecified atom stereocenters. The molecule has 126 valence electrons. The Kier molecular flexibility index (Phi) is 4.64. The number of halogens is 2. The van der Waals surface area contributed by atoms with Gasteiger partial charge in [-0.15, -0.1) is 12.4 Å². The van der Waals surface area contributed by atoms with Gasteiger partial charge in [-0.05, 0) is 25.5 Å². The third kappa shape index (κ3) is 2.61. The van der Waals surface area contributed by atoms with Crippen molar-refractivity contribution >= 4 is 46.0 Å². The van der Waals surface area contributed by atoms with Crippen molar-refractivity contribution in [3.63, 3.8) is 0 Å². The summed E-state index contributed by atoms with van der Waals surface area (Å²) in [5.74, 6) is 2.15. The standard InChI is InChI=1S/C16H16BrN5O.ClH/c1-2-21-15-12(14-18-8-3-9-22(14)16(21)23)19-13(20-15)10-4-6-11(17)7-5-10;/h4-7H,2-3,8-9H2,1H3,(H,19,20);1H. The molecule has 1 aromatic carbocycles. The fourth-order valence-electron chi connectivity index (χ4n) is 2.99. The van der Waals surface area contributed by atoms with Crippen LogP contribution >= 0.6 is 28.3 Å². The predicted octanol–water partition coefficient (Wildman–Crippen LogP) is 3.67. The Hall–Kier alpha value is -1.86. The van der Waals surface area contributed by atoms with Gasteiger partial charge in [-0.25, -0.2) is 9.78 Å². The SMILES string of the molecule is CCN1C(=O)N2CCCN=C2c2[nH]c(-c3ccc(Br)cc3)nc21.Cl. The summed E-state index contributed by atoms with van der Waals surface area (Å²) in [5.41, 5.74) is 1.82. The molecule has 2 aliphatic rings. The first kappa shape index (κ1) is 17.0. The van der Waals surface area contributed by atoms with Crippen LogP contribution in [0.5, 0.6) is 0 Å². The minimum Gasteiger partial charge on any atom is -0.334 e. The number of aromatic amines is 1. The lowest BCUT2D eigenvalue weighted by atomic mass is 10.2. The second-order valence-corrected chi connectivity index (χ2v) is 6.44. The van der Waals surface area contributed by atoms with Gasteiger partial charge in [0.25, 0.3) is 0 Å². The summed E-state index contributed by atoms with van der Waals surface area (Å²) in [4.78, 5) is 28.7. The fraction of sp³-hybridized carbons (Fsp3) is 0.312. The van der Waals surface area contributed by atoms with Crippen LogP contribution in [0.1, 0.15) is 19.0 Å². The van der Waals surface area contributed by atoms with Crippen molar-refractivity contribution in [3.8, 4) is 11.4 Å². The summed E-state index contributed by atoms with van der Waals surface area (Å²) in [5, 5.41) is 0. The van der Waals surface area contributed by atoms with Crippen molar-refractivity contribution in [2.24, 2.45) is 4.99 Å². The molecule has 1 N–H and O–H groups in total. The maximum Gasteiger partial charge on any atom is 0.331 e. The summed E-state index contributed by atoms with van der Waals surface area (Å²) in [6, 6.07) is 7.90. The van der Waals surface area contributed by atoms with Gasteiger partial charge in [0.05, 0.1) is 0 Å². The van der Waals surface area contributed by atoms with E-state index in [-0.39, 0.29) is 18.4 Å². The molecular formula is C16H17BrClN5O. The number of amides is 2. The van der Waals surface area contributed by atoms with Crippen molar-refractivity contribution < 1.29 is 4.79 Å². The summed E-state index contributed by atoms with van der Waals surface area (Å²) in [7, 11) is 0. The molecular weight excluding hydrogens is 394 g/mol. The van der Waals surface area contributed by atoms with Gasteiger partial charge in [0.2, 0.25) is 0 Å². The molecule has 0 saturated heterocycles. The van der Waals surface area contributed by atoms with E-state index in [0.717, 1.165) is 40.4 Å². The lowest BCUT2D eigenvalue weighted by Gasteiger charge is -2.36. The predicted molar refractivity (Wildman–Crippen MR) is 100 cm³/mol. The number of aromatic nitrogens is 2. The smallest absolute Gasteiger partial charge is 0.331 e. The number of imidazole rings is 1. The van der Waals surface area contributed by atoms with Crippen LogP contribution < -0.4 is 4.90 Å². The quantitative estimate of drug-likeness (QED) is 0.821. The summed E-state index contributed by atoms with van der Waals surface area (Å²) in [6.07, 6.45) is 0.899. The topological polar surface area (TPSA) is 64.6 Å². The van der Waals surface area contributed by atoms with Crippen LogP contribution in [0.25, 0.3) is 11.4 Å². The van der Waals surface area contributed by atoms with Gasteiger partial charge in [-0.2, -0.15) is 0 Å². The van der Waals surface area contributed by atoms with E-state index in [1.54, 1.807) is 9.80 Å². The lowest BCUT2D eigenvalue weighted by Crippen LogP contribution is -2.53. The minimum atomic E-state index is -0.0349. The van der Waals surface area contributed by atoms with E-state index in [2.05, 4.69) is 30.9 Å². The molecule has 6 nitrogen and oxygen atoms in total. The number of H-pyrrole nitrogens is 1. The van der Waals surface area contributed by atoms with Gasteiger partial charge in [0.1, 0.15) is 11.5 Å². The normalized spacial score (nSPS) is 16.2. The Bertz CT molecular complexity index is 801. The summed E-state index contributed by atoms with van der Waals surface area (Å²) in [6.45, 7) is 4.00. The van der Waals surface area contributed by atoms with Gasteiger partial charge >= 0.3 is 6.03 Å². The number of nitrogens with one attached hydrogen (secondary N) is 1. The van der Waals surface area contributed by atoms with Gasteiger partial charge < -0.3 is 4.98 Å².